The maximum absolute atomic E-state index is 13.2. The van der Waals surface area contributed by atoms with Crippen LogP contribution in [0.1, 0.15) is 11.7 Å². The van der Waals surface area contributed by atoms with E-state index in [4.69, 9.17) is 9.47 Å². The molecule has 1 aliphatic heterocycles. The molecule has 1 unspecified atom stereocenters. The van der Waals surface area contributed by atoms with Crippen LogP contribution in [0.25, 0.3) is 11.1 Å². The Kier molecular flexibility index (Phi) is 3.76. The SMILES string of the molecule is Fc1cc(F)cc(-c2ccc(C3COCCO3)cc2)c1. The second-order valence-corrected chi connectivity index (χ2v) is 4.71. The van der Waals surface area contributed by atoms with Crippen molar-refractivity contribution in [2.75, 3.05) is 19.8 Å². The van der Waals surface area contributed by atoms with Gasteiger partial charge in [0.1, 0.15) is 17.7 Å². The quantitative estimate of drug-likeness (QED) is 0.832. The predicted octanol–water partition coefficient (Wildman–Crippen LogP) is 3.72. The van der Waals surface area contributed by atoms with Gasteiger partial charge in [0.05, 0.1) is 19.8 Å². The van der Waals surface area contributed by atoms with Crippen molar-refractivity contribution in [1.29, 1.82) is 0 Å². The van der Waals surface area contributed by atoms with Gasteiger partial charge in [-0.05, 0) is 28.8 Å². The van der Waals surface area contributed by atoms with Gasteiger partial charge >= 0.3 is 0 Å². The Morgan fingerprint density at radius 3 is 2.15 bits per heavy atom. The average molecular weight is 276 g/mol. The highest BCUT2D eigenvalue weighted by Gasteiger charge is 2.16. The summed E-state index contributed by atoms with van der Waals surface area (Å²) < 4.78 is 37.4. The molecule has 0 radical (unpaired) electrons. The monoisotopic (exact) mass is 276 g/mol. The molecule has 0 aromatic heterocycles. The van der Waals surface area contributed by atoms with Crippen LogP contribution >= 0.6 is 0 Å². The van der Waals surface area contributed by atoms with Crippen LogP contribution in [-0.2, 0) is 9.47 Å². The van der Waals surface area contributed by atoms with Gasteiger partial charge in [0.2, 0.25) is 0 Å². The van der Waals surface area contributed by atoms with Gasteiger partial charge in [0, 0.05) is 6.07 Å². The van der Waals surface area contributed by atoms with E-state index in [1.165, 1.54) is 12.1 Å². The van der Waals surface area contributed by atoms with Crippen molar-refractivity contribution in [3.8, 4) is 11.1 Å². The Morgan fingerprint density at radius 1 is 0.850 bits per heavy atom. The average Bonchev–Trinajstić information content (AvgIpc) is 2.47. The molecule has 2 aromatic carbocycles. The minimum atomic E-state index is -0.576. The van der Waals surface area contributed by atoms with Crippen molar-refractivity contribution >= 4 is 0 Å². The van der Waals surface area contributed by atoms with E-state index in [1.807, 2.05) is 24.3 Å². The van der Waals surface area contributed by atoms with E-state index in [0.29, 0.717) is 25.4 Å². The molecule has 1 fully saturated rings. The molecule has 1 aliphatic rings. The zero-order valence-corrected chi connectivity index (χ0v) is 10.8. The molecule has 0 spiro atoms. The lowest BCUT2D eigenvalue weighted by Gasteiger charge is -2.23. The zero-order chi connectivity index (χ0) is 13.9. The van der Waals surface area contributed by atoms with E-state index in [1.54, 1.807) is 0 Å². The lowest BCUT2D eigenvalue weighted by Crippen LogP contribution is -2.21. The molecule has 0 saturated carbocycles. The third-order valence-electron chi connectivity index (χ3n) is 3.29. The lowest BCUT2D eigenvalue weighted by atomic mass is 10.0. The van der Waals surface area contributed by atoms with E-state index in [-0.39, 0.29) is 6.10 Å². The number of hydrogen-bond acceptors (Lipinski definition) is 2. The fourth-order valence-corrected chi connectivity index (χ4v) is 2.29. The van der Waals surface area contributed by atoms with E-state index in [9.17, 15) is 8.78 Å². The van der Waals surface area contributed by atoms with Crippen molar-refractivity contribution in [1.82, 2.24) is 0 Å². The molecule has 1 saturated heterocycles. The first-order valence-electron chi connectivity index (χ1n) is 6.48. The van der Waals surface area contributed by atoms with Gasteiger partial charge in [0.15, 0.2) is 0 Å². The molecule has 104 valence electrons. The second-order valence-electron chi connectivity index (χ2n) is 4.71. The van der Waals surface area contributed by atoms with Gasteiger partial charge in [-0.25, -0.2) is 8.78 Å². The topological polar surface area (TPSA) is 18.5 Å². The Morgan fingerprint density at radius 2 is 1.55 bits per heavy atom. The summed E-state index contributed by atoms with van der Waals surface area (Å²) in [6.07, 6.45) is -0.0676. The maximum Gasteiger partial charge on any atom is 0.126 e. The lowest BCUT2D eigenvalue weighted by molar-refractivity contribution is -0.0901. The summed E-state index contributed by atoms with van der Waals surface area (Å²) >= 11 is 0. The number of ether oxygens (including phenoxy) is 2. The Labute approximate surface area is 116 Å². The molecule has 3 rings (SSSR count). The van der Waals surface area contributed by atoms with Crippen LogP contribution in [0.2, 0.25) is 0 Å². The number of rotatable bonds is 2. The highest BCUT2D eigenvalue weighted by atomic mass is 19.1. The van der Waals surface area contributed by atoms with Crippen molar-refractivity contribution < 1.29 is 18.3 Å². The van der Waals surface area contributed by atoms with Gasteiger partial charge in [-0.3, -0.25) is 0 Å². The summed E-state index contributed by atoms with van der Waals surface area (Å²) in [7, 11) is 0. The van der Waals surface area contributed by atoms with Crippen LogP contribution in [0.5, 0.6) is 0 Å². The Bertz CT molecular complexity index is 570. The van der Waals surface area contributed by atoms with Crippen molar-refractivity contribution in [3.63, 3.8) is 0 Å². The Balaban J connectivity index is 1.85. The first kappa shape index (κ1) is 13.2. The first-order valence-corrected chi connectivity index (χ1v) is 6.48. The zero-order valence-electron chi connectivity index (χ0n) is 10.8. The normalized spacial score (nSPS) is 19.0. The van der Waals surface area contributed by atoms with Crippen molar-refractivity contribution in [2.24, 2.45) is 0 Å². The Hall–Kier alpha value is -1.78. The summed E-state index contributed by atoms with van der Waals surface area (Å²) in [5, 5.41) is 0. The molecule has 20 heavy (non-hydrogen) atoms. The molecule has 2 aromatic rings. The summed E-state index contributed by atoms with van der Waals surface area (Å²) in [6, 6.07) is 11.0. The first-order chi connectivity index (χ1) is 9.72. The van der Waals surface area contributed by atoms with Crippen LogP contribution in [0.4, 0.5) is 8.78 Å². The number of benzene rings is 2. The fraction of sp³-hybridized carbons (Fsp3) is 0.250. The van der Waals surface area contributed by atoms with Gasteiger partial charge < -0.3 is 9.47 Å². The minimum Gasteiger partial charge on any atom is -0.376 e. The standard InChI is InChI=1S/C16H14F2O2/c17-14-7-13(8-15(18)9-14)11-1-3-12(4-2-11)16-10-19-5-6-20-16/h1-4,7-9,16H,5-6,10H2. The van der Waals surface area contributed by atoms with Crippen LogP contribution in [0, 0.1) is 11.6 Å². The van der Waals surface area contributed by atoms with Crippen molar-refractivity contribution in [2.45, 2.75) is 6.10 Å². The van der Waals surface area contributed by atoms with E-state index >= 15 is 0 Å². The molecule has 0 amide bonds. The molecule has 1 heterocycles. The number of halogens is 2. The molecule has 4 heteroatoms. The van der Waals surface area contributed by atoms with Crippen LogP contribution < -0.4 is 0 Å². The van der Waals surface area contributed by atoms with Gasteiger partial charge in [-0.1, -0.05) is 24.3 Å². The third kappa shape index (κ3) is 2.86. The molecule has 0 N–H and O–H groups in total. The maximum atomic E-state index is 13.2. The summed E-state index contributed by atoms with van der Waals surface area (Å²) in [5.74, 6) is -1.15. The van der Waals surface area contributed by atoms with E-state index < -0.39 is 11.6 Å². The predicted molar refractivity (Wildman–Crippen MR) is 71.3 cm³/mol. The van der Waals surface area contributed by atoms with Crippen molar-refractivity contribution in [3.05, 3.63) is 59.7 Å². The fourth-order valence-electron chi connectivity index (χ4n) is 2.29. The van der Waals surface area contributed by atoms with E-state index in [2.05, 4.69) is 0 Å². The molecule has 0 bridgehead atoms. The number of hydrogen-bond donors (Lipinski definition) is 0. The smallest absolute Gasteiger partial charge is 0.126 e. The second kappa shape index (κ2) is 5.69. The van der Waals surface area contributed by atoms with E-state index in [0.717, 1.165) is 17.2 Å². The summed E-state index contributed by atoms with van der Waals surface area (Å²) in [6.45, 7) is 1.74. The third-order valence-corrected chi connectivity index (χ3v) is 3.29. The van der Waals surface area contributed by atoms with Gasteiger partial charge in [-0.2, -0.15) is 0 Å². The summed E-state index contributed by atoms with van der Waals surface area (Å²) in [5.41, 5.74) is 2.30. The molecule has 0 aliphatic carbocycles. The van der Waals surface area contributed by atoms with Crippen LogP contribution in [-0.4, -0.2) is 19.8 Å². The van der Waals surface area contributed by atoms with Gasteiger partial charge in [0.25, 0.3) is 0 Å². The van der Waals surface area contributed by atoms with Gasteiger partial charge in [-0.15, -0.1) is 0 Å². The van der Waals surface area contributed by atoms with Crippen LogP contribution in [0.3, 0.4) is 0 Å². The molecular weight excluding hydrogens is 262 g/mol. The molecule has 1 atom stereocenters. The minimum absolute atomic E-state index is 0.0676. The molecular formula is C16H14F2O2. The highest BCUT2D eigenvalue weighted by Crippen LogP contribution is 2.26. The highest BCUT2D eigenvalue weighted by molar-refractivity contribution is 5.63. The largest absolute Gasteiger partial charge is 0.376 e. The summed E-state index contributed by atoms with van der Waals surface area (Å²) in [4.78, 5) is 0. The molecule has 2 nitrogen and oxygen atoms in total. The van der Waals surface area contributed by atoms with Crippen LogP contribution in [0.15, 0.2) is 42.5 Å².